The molecule has 0 unspecified atom stereocenters. The predicted molar refractivity (Wildman–Crippen MR) is 105 cm³/mol. The average Bonchev–Trinajstić information content (AvgIpc) is 3.33. The topological polar surface area (TPSA) is 63.0 Å². The minimum Gasteiger partial charge on any atom is -0.431 e. The largest absolute Gasteiger partial charge is 0.431 e. The maximum Gasteiger partial charge on any atom is 0.335 e. The van der Waals surface area contributed by atoms with E-state index in [4.69, 9.17) is 9.15 Å². The molecule has 1 aromatic heterocycles. The zero-order valence-electron chi connectivity index (χ0n) is 17.0. The van der Waals surface area contributed by atoms with Gasteiger partial charge in [-0.3, -0.25) is 0 Å². The van der Waals surface area contributed by atoms with E-state index in [-0.39, 0.29) is 22.7 Å². The second kappa shape index (κ2) is 5.51. The normalized spacial score (nSPS) is 54.2. The van der Waals surface area contributed by atoms with E-state index in [1.54, 1.807) is 12.3 Å². The quantitative estimate of drug-likeness (QED) is 0.735. The van der Waals surface area contributed by atoms with Crippen LogP contribution in [0.1, 0.15) is 76.7 Å². The smallest absolute Gasteiger partial charge is 0.335 e. The van der Waals surface area contributed by atoms with Crippen molar-refractivity contribution >= 4 is 0 Å². The van der Waals surface area contributed by atoms with E-state index in [0.29, 0.717) is 29.3 Å². The molecular weight excluding hydrogens is 352 g/mol. The number of hydrogen-bond acceptors (Lipinski definition) is 4. The van der Waals surface area contributed by atoms with Crippen molar-refractivity contribution in [2.24, 2.45) is 28.6 Å². The summed E-state index contributed by atoms with van der Waals surface area (Å²) < 4.78 is 11.8. The fourth-order valence-electron chi connectivity index (χ4n) is 8.74. The van der Waals surface area contributed by atoms with Crippen molar-refractivity contribution in [3.8, 4) is 0 Å². The molecule has 2 heterocycles. The Morgan fingerprint density at radius 1 is 1.04 bits per heavy atom. The van der Waals surface area contributed by atoms with Gasteiger partial charge in [0.05, 0.1) is 18.5 Å². The molecule has 0 bridgehead atoms. The fourth-order valence-corrected chi connectivity index (χ4v) is 8.74. The molecule has 5 fully saturated rings. The van der Waals surface area contributed by atoms with E-state index in [1.165, 1.54) is 37.7 Å². The Morgan fingerprint density at radius 2 is 1.89 bits per heavy atom. The van der Waals surface area contributed by atoms with Crippen molar-refractivity contribution in [2.75, 3.05) is 0 Å². The van der Waals surface area contributed by atoms with Gasteiger partial charge in [0.2, 0.25) is 0 Å². The van der Waals surface area contributed by atoms with E-state index >= 15 is 0 Å². The molecule has 152 valence electrons. The summed E-state index contributed by atoms with van der Waals surface area (Å²) in [6.07, 6.45) is 11.1. The van der Waals surface area contributed by atoms with Crippen LogP contribution in [-0.4, -0.2) is 22.9 Å². The number of ether oxygens (including phenoxy) is 1. The molecule has 1 saturated heterocycles. The molecule has 1 aromatic rings. The third-order valence-corrected chi connectivity index (χ3v) is 10.2. The van der Waals surface area contributed by atoms with Crippen LogP contribution in [0.15, 0.2) is 27.6 Å². The maximum absolute atomic E-state index is 11.4. The van der Waals surface area contributed by atoms with Crippen LogP contribution in [-0.2, 0) is 4.74 Å². The van der Waals surface area contributed by atoms with Crippen molar-refractivity contribution in [2.45, 2.75) is 88.9 Å². The number of rotatable bonds is 1. The number of aliphatic hydroxyl groups excluding tert-OH is 1. The number of hydrogen-bond donors (Lipinski definition) is 1. The third-order valence-electron chi connectivity index (χ3n) is 10.2. The first-order valence-corrected chi connectivity index (χ1v) is 11.3. The molecule has 1 spiro atoms. The first-order valence-electron chi connectivity index (χ1n) is 11.3. The van der Waals surface area contributed by atoms with Gasteiger partial charge in [-0.15, -0.1) is 0 Å². The van der Waals surface area contributed by atoms with Crippen molar-refractivity contribution in [1.82, 2.24) is 0 Å². The molecule has 4 heteroatoms. The van der Waals surface area contributed by atoms with E-state index in [9.17, 15) is 9.90 Å². The Bertz CT molecular complexity index is 842. The van der Waals surface area contributed by atoms with Gasteiger partial charge < -0.3 is 14.3 Å². The first kappa shape index (κ1) is 17.7. The number of epoxide rings is 1. The third kappa shape index (κ3) is 2.01. The summed E-state index contributed by atoms with van der Waals surface area (Å²) >= 11 is 0. The highest BCUT2D eigenvalue weighted by atomic mass is 16.6. The molecule has 0 aromatic carbocycles. The van der Waals surface area contributed by atoms with Crippen molar-refractivity contribution in [1.29, 1.82) is 0 Å². The lowest BCUT2D eigenvalue weighted by Crippen LogP contribution is -2.58. The maximum atomic E-state index is 11.4. The van der Waals surface area contributed by atoms with E-state index in [0.717, 1.165) is 25.2 Å². The van der Waals surface area contributed by atoms with Gasteiger partial charge in [0, 0.05) is 11.5 Å². The van der Waals surface area contributed by atoms with Crippen LogP contribution in [0.5, 0.6) is 0 Å². The molecule has 5 aliphatic rings. The molecule has 1 aliphatic heterocycles. The Hall–Kier alpha value is -1.13. The highest BCUT2D eigenvalue weighted by Gasteiger charge is 2.80. The zero-order valence-corrected chi connectivity index (χ0v) is 17.0. The minimum absolute atomic E-state index is 0.0285. The monoisotopic (exact) mass is 384 g/mol. The Balaban J connectivity index is 1.36. The Labute approximate surface area is 166 Å². The minimum atomic E-state index is -0.266. The van der Waals surface area contributed by atoms with Gasteiger partial charge in [-0.05, 0) is 92.1 Å². The van der Waals surface area contributed by atoms with E-state index < -0.39 is 0 Å². The summed E-state index contributed by atoms with van der Waals surface area (Å²) in [5, 5.41) is 10.2. The van der Waals surface area contributed by atoms with Gasteiger partial charge in [0.1, 0.15) is 5.60 Å². The van der Waals surface area contributed by atoms with Gasteiger partial charge in [0.25, 0.3) is 0 Å². The van der Waals surface area contributed by atoms with Crippen LogP contribution < -0.4 is 5.63 Å². The molecule has 9 atom stereocenters. The molecular formula is C24H32O4. The van der Waals surface area contributed by atoms with Crippen molar-refractivity contribution < 1.29 is 14.3 Å². The van der Waals surface area contributed by atoms with Crippen LogP contribution in [0.3, 0.4) is 0 Å². The molecule has 4 saturated carbocycles. The fraction of sp³-hybridized carbons (Fsp3) is 0.792. The standard InChI is InChI=1S/C24H32O4/c1-22-9-7-16(25)11-15(22)4-5-18-17(22)8-10-23(2)19(12-20-24(18,23)28-20)14-3-6-21(26)27-13-14/h3,6,13,15-20,25H,4-5,7-12H2,1-2H3/t15-,16-,17+,18-,19+,20+,22-,23+,24+/m0/s1. The van der Waals surface area contributed by atoms with Crippen LogP contribution in [0, 0.1) is 28.6 Å². The lowest BCUT2D eigenvalue weighted by molar-refractivity contribution is -0.139. The summed E-state index contributed by atoms with van der Waals surface area (Å²) in [6, 6.07) is 3.55. The van der Waals surface area contributed by atoms with Crippen LogP contribution in [0.4, 0.5) is 0 Å². The van der Waals surface area contributed by atoms with Crippen LogP contribution in [0.2, 0.25) is 0 Å². The van der Waals surface area contributed by atoms with Gasteiger partial charge >= 0.3 is 5.63 Å². The molecule has 28 heavy (non-hydrogen) atoms. The molecule has 4 nitrogen and oxygen atoms in total. The van der Waals surface area contributed by atoms with Crippen LogP contribution in [0.25, 0.3) is 0 Å². The molecule has 1 N–H and O–H groups in total. The van der Waals surface area contributed by atoms with Crippen molar-refractivity contribution in [3.05, 3.63) is 34.4 Å². The molecule has 0 amide bonds. The van der Waals surface area contributed by atoms with E-state index in [1.807, 2.05) is 6.07 Å². The Kier molecular flexibility index (Phi) is 3.49. The Morgan fingerprint density at radius 3 is 2.68 bits per heavy atom. The predicted octanol–water partition coefficient (Wildman–Crippen LogP) is 4.26. The second-order valence-electron chi connectivity index (χ2n) is 11.0. The lowest BCUT2D eigenvalue weighted by atomic mass is 9.44. The number of aliphatic hydroxyl groups is 1. The van der Waals surface area contributed by atoms with Gasteiger partial charge in [-0.2, -0.15) is 0 Å². The average molecular weight is 385 g/mol. The highest BCUT2D eigenvalue weighted by molar-refractivity contribution is 5.35. The lowest BCUT2D eigenvalue weighted by Gasteiger charge is -2.61. The second-order valence-corrected chi connectivity index (χ2v) is 11.0. The molecule has 4 aliphatic carbocycles. The van der Waals surface area contributed by atoms with Gasteiger partial charge in [-0.1, -0.05) is 13.8 Å². The number of fused-ring (bicyclic) bond motifs is 3. The molecule has 6 rings (SSSR count). The van der Waals surface area contributed by atoms with E-state index in [2.05, 4.69) is 13.8 Å². The zero-order chi connectivity index (χ0) is 19.3. The summed E-state index contributed by atoms with van der Waals surface area (Å²) in [5.41, 5.74) is 1.44. The molecule has 0 radical (unpaired) electrons. The summed E-state index contributed by atoms with van der Waals surface area (Å²) in [7, 11) is 0. The van der Waals surface area contributed by atoms with Crippen molar-refractivity contribution in [3.63, 3.8) is 0 Å². The van der Waals surface area contributed by atoms with Gasteiger partial charge in [-0.25, -0.2) is 4.79 Å². The summed E-state index contributed by atoms with van der Waals surface area (Å²) in [4.78, 5) is 11.4. The SMILES string of the molecule is C[C@]12CC[C@H](O)C[C@@H]1CC[C@H]1[C@H]2CC[C@]2(C)[C@@H](c3ccc(=O)oc3)C[C@H]3O[C@@]312. The van der Waals surface area contributed by atoms with Crippen LogP contribution >= 0.6 is 0 Å². The first-order chi connectivity index (χ1) is 13.4. The highest BCUT2D eigenvalue weighted by Crippen LogP contribution is 2.77. The van der Waals surface area contributed by atoms with Gasteiger partial charge in [0.15, 0.2) is 0 Å². The summed E-state index contributed by atoms with van der Waals surface area (Å²) in [6.45, 7) is 4.97. The summed E-state index contributed by atoms with van der Waals surface area (Å²) in [5.74, 6) is 2.48.